The lowest BCUT2D eigenvalue weighted by atomic mass is 10.1. The number of ether oxygens (including phenoxy) is 2. The van der Waals surface area contributed by atoms with Crippen LogP contribution < -0.4 is 19.1 Å². The van der Waals surface area contributed by atoms with E-state index >= 15 is 0 Å². The summed E-state index contributed by atoms with van der Waals surface area (Å²) in [6, 6.07) is 9.45. The van der Waals surface area contributed by atoms with Crippen LogP contribution in [0.25, 0.3) is 0 Å². The summed E-state index contributed by atoms with van der Waals surface area (Å²) in [4.78, 5) is 27.8. The number of hydrogen-bond acceptors (Lipinski definition) is 6. The minimum absolute atomic E-state index is 0.00983. The fourth-order valence-corrected chi connectivity index (χ4v) is 4.96. The number of carbonyl (C=O) groups excluding carboxylic acids is 2. The molecule has 0 saturated carbocycles. The number of carbonyl (C=O) groups is 2. The van der Waals surface area contributed by atoms with Crippen molar-refractivity contribution in [2.75, 3.05) is 36.4 Å². The van der Waals surface area contributed by atoms with Gasteiger partial charge < -0.3 is 19.7 Å². The molecule has 2 aromatic rings. The number of rotatable bonds is 11. The van der Waals surface area contributed by atoms with Crippen LogP contribution >= 0.6 is 0 Å². The first-order valence-electron chi connectivity index (χ1n) is 11.9. The van der Waals surface area contributed by atoms with Gasteiger partial charge >= 0.3 is 0 Å². The Labute approximate surface area is 211 Å². The van der Waals surface area contributed by atoms with E-state index in [-0.39, 0.29) is 23.9 Å². The van der Waals surface area contributed by atoms with Crippen LogP contribution in [0.2, 0.25) is 0 Å². The standard InChI is InChI=1S/C25H32FN3O6S/c1-4-21(25(31)27-5-2)28(16-18-7-9-19(26)10-8-18)24(30)17-29(36(32,33)6-3)20-11-12-22-23(15-20)35-14-13-34-22/h7-12,15,21H,4-6,13-14,16-17H2,1-3H3,(H,27,31)/t21-/m1/s1. The molecule has 36 heavy (non-hydrogen) atoms. The Bertz CT molecular complexity index is 1170. The summed E-state index contributed by atoms with van der Waals surface area (Å²) in [7, 11) is -3.87. The Hall–Kier alpha value is -3.34. The number of nitrogens with one attached hydrogen (secondary N) is 1. The van der Waals surface area contributed by atoms with Crippen molar-refractivity contribution in [3.05, 3.63) is 53.8 Å². The molecule has 1 N–H and O–H groups in total. The molecule has 0 fully saturated rings. The fourth-order valence-electron chi connectivity index (χ4n) is 3.90. The molecule has 2 aromatic carbocycles. The Morgan fingerprint density at radius 1 is 1.03 bits per heavy atom. The number of amides is 2. The van der Waals surface area contributed by atoms with Crippen LogP contribution in [0, 0.1) is 5.82 Å². The molecule has 0 bridgehead atoms. The zero-order chi connectivity index (χ0) is 26.3. The van der Waals surface area contributed by atoms with Crippen molar-refractivity contribution in [1.29, 1.82) is 0 Å². The summed E-state index contributed by atoms with van der Waals surface area (Å²) < 4.78 is 51.7. The van der Waals surface area contributed by atoms with Gasteiger partial charge in [0.25, 0.3) is 0 Å². The van der Waals surface area contributed by atoms with Crippen LogP contribution in [0.1, 0.15) is 32.8 Å². The normalized spacial score (nSPS) is 13.6. The molecule has 0 spiro atoms. The van der Waals surface area contributed by atoms with E-state index in [4.69, 9.17) is 9.47 Å². The highest BCUT2D eigenvalue weighted by atomic mass is 32.2. The van der Waals surface area contributed by atoms with E-state index in [1.165, 1.54) is 42.2 Å². The SMILES string of the molecule is CCNC(=O)[C@@H](CC)N(Cc1ccc(F)cc1)C(=O)CN(c1ccc2c(c1)OCCO2)S(=O)(=O)CC. The van der Waals surface area contributed by atoms with Gasteiger partial charge in [0.2, 0.25) is 21.8 Å². The van der Waals surface area contributed by atoms with Gasteiger partial charge in [0.05, 0.1) is 11.4 Å². The first-order chi connectivity index (χ1) is 17.2. The minimum atomic E-state index is -3.87. The fraction of sp³-hybridized carbons (Fsp3) is 0.440. The van der Waals surface area contributed by atoms with Crippen molar-refractivity contribution in [3.8, 4) is 11.5 Å². The molecular formula is C25H32FN3O6S. The first kappa shape index (κ1) is 27.3. The van der Waals surface area contributed by atoms with Crippen molar-refractivity contribution < 1.29 is 31.9 Å². The number of benzene rings is 2. The van der Waals surface area contributed by atoms with Crippen LogP contribution in [-0.2, 0) is 26.2 Å². The van der Waals surface area contributed by atoms with E-state index in [2.05, 4.69) is 5.32 Å². The lowest BCUT2D eigenvalue weighted by Gasteiger charge is -2.33. The average Bonchev–Trinajstić information content (AvgIpc) is 2.88. The molecule has 2 amide bonds. The molecule has 9 nitrogen and oxygen atoms in total. The summed E-state index contributed by atoms with van der Waals surface area (Å²) >= 11 is 0. The highest BCUT2D eigenvalue weighted by Gasteiger charge is 2.32. The summed E-state index contributed by atoms with van der Waals surface area (Å²) in [5, 5.41) is 2.73. The lowest BCUT2D eigenvalue weighted by Crippen LogP contribution is -2.52. The second kappa shape index (κ2) is 12.1. The molecule has 0 radical (unpaired) electrons. The number of likely N-dealkylation sites (N-methyl/N-ethyl adjacent to an activating group) is 1. The van der Waals surface area contributed by atoms with Crippen LogP contribution in [0.15, 0.2) is 42.5 Å². The topological polar surface area (TPSA) is 105 Å². The lowest BCUT2D eigenvalue weighted by molar-refractivity contribution is -0.140. The van der Waals surface area contributed by atoms with Crippen molar-refractivity contribution in [3.63, 3.8) is 0 Å². The van der Waals surface area contributed by atoms with Gasteiger partial charge in [-0.15, -0.1) is 0 Å². The molecule has 196 valence electrons. The Morgan fingerprint density at radius 3 is 2.31 bits per heavy atom. The summed E-state index contributed by atoms with van der Waals surface area (Å²) in [6.07, 6.45) is 0.309. The number of anilines is 1. The van der Waals surface area contributed by atoms with E-state index in [0.717, 1.165) is 4.31 Å². The molecule has 3 rings (SSSR count). The van der Waals surface area contributed by atoms with Gasteiger partial charge in [-0.3, -0.25) is 13.9 Å². The number of sulfonamides is 1. The Balaban J connectivity index is 1.97. The second-order valence-corrected chi connectivity index (χ2v) is 10.4. The van der Waals surface area contributed by atoms with Gasteiger partial charge in [0.1, 0.15) is 31.6 Å². The van der Waals surface area contributed by atoms with Crippen LogP contribution in [0.3, 0.4) is 0 Å². The highest BCUT2D eigenvalue weighted by Crippen LogP contribution is 2.35. The minimum Gasteiger partial charge on any atom is -0.486 e. The van der Waals surface area contributed by atoms with E-state index < -0.39 is 34.3 Å². The maximum Gasteiger partial charge on any atom is 0.244 e. The Morgan fingerprint density at radius 2 is 1.69 bits per heavy atom. The molecule has 0 unspecified atom stereocenters. The zero-order valence-electron chi connectivity index (χ0n) is 20.7. The third-order valence-corrected chi connectivity index (χ3v) is 7.54. The molecule has 0 aliphatic carbocycles. The largest absolute Gasteiger partial charge is 0.486 e. The van der Waals surface area contributed by atoms with Gasteiger partial charge in [-0.25, -0.2) is 12.8 Å². The van der Waals surface area contributed by atoms with Crippen LogP contribution in [0.5, 0.6) is 11.5 Å². The summed E-state index contributed by atoms with van der Waals surface area (Å²) in [5.74, 6) is -0.694. The molecule has 1 heterocycles. The third-order valence-electron chi connectivity index (χ3n) is 5.80. The van der Waals surface area contributed by atoms with Crippen LogP contribution in [0.4, 0.5) is 10.1 Å². The zero-order valence-corrected chi connectivity index (χ0v) is 21.5. The second-order valence-electron chi connectivity index (χ2n) is 8.20. The molecular weight excluding hydrogens is 489 g/mol. The smallest absolute Gasteiger partial charge is 0.244 e. The third kappa shape index (κ3) is 6.45. The molecule has 0 saturated heterocycles. The monoisotopic (exact) mass is 521 g/mol. The van der Waals surface area contributed by atoms with Gasteiger partial charge in [-0.05, 0) is 50.1 Å². The van der Waals surface area contributed by atoms with Gasteiger partial charge in [0.15, 0.2) is 11.5 Å². The van der Waals surface area contributed by atoms with Gasteiger partial charge in [-0.2, -0.15) is 0 Å². The van der Waals surface area contributed by atoms with Crippen molar-refractivity contribution in [2.24, 2.45) is 0 Å². The number of nitrogens with zero attached hydrogens (tertiary/aromatic N) is 2. The average molecular weight is 522 g/mol. The van der Waals surface area contributed by atoms with Crippen molar-refractivity contribution in [2.45, 2.75) is 39.8 Å². The summed E-state index contributed by atoms with van der Waals surface area (Å²) in [6.45, 7) is 5.61. The quantitative estimate of drug-likeness (QED) is 0.488. The molecule has 1 aliphatic heterocycles. The van der Waals surface area contributed by atoms with E-state index in [1.807, 2.05) is 0 Å². The Kier molecular flexibility index (Phi) is 9.14. The predicted octanol–water partition coefficient (Wildman–Crippen LogP) is 2.70. The van der Waals surface area contributed by atoms with Crippen LogP contribution in [-0.4, -0.2) is 63.2 Å². The maximum atomic E-state index is 13.7. The van der Waals surface area contributed by atoms with E-state index in [0.29, 0.717) is 43.2 Å². The molecule has 1 atom stereocenters. The van der Waals surface area contributed by atoms with Gasteiger partial charge in [-0.1, -0.05) is 19.1 Å². The predicted molar refractivity (Wildman–Crippen MR) is 134 cm³/mol. The number of halogens is 1. The van der Waals surface area contributed by atoms with Crippen molar-refractivity contribution in [1.82, 2.24) is 10.2 Å². The highest BCUT2D eigenvalue weighted by molar-refractivity contribution is 7.92. The number of fused-ring (bicyclic) bond motifs is 1. The molecule has 1 aliphatic rings. The van der Waals surface area contributed by atoms with E-state index in [9.17, 15) is 22.4 Å². The molecule has 11 heteroatoms. The number of hydrogen-bond donors (Lipinski definition) is 1. The van der Waals surface area contributed by atoms with E-state index in [1.54, 1.807) is 26.0 Å². The molecule has 0 aromatic heterocycles. The first-order valence-corrected chi connectivity index (χ1v) is 13.5. The van der Waals surface area contributed by atoms with Crippen molar-refractivity contribution >= 4 is 27.5 Å². The van der Waals surface area contributed by atoms with Gasteiger partial charge in [0, 0.05) is 19.2 Å². The summed E-state index contributed by atoms with van der Waals surface area (Å²) in [5.41, 5.74) is 0.860. The maximum absolute atomic E-state index is 13.7.